The number of H-pyrrole nitrogens is 1. The quantitative estimate of drug-likeness (QED) is 0.544. The highest BCUT2D eigenvalue weighted by Crippen LogP contribution is 2.18. The highest BCUT2D eigenvalue weighted by atomic mass is 32.2. The molecule has 0 bridgehead atoms. The van der Waals surface area contributed by atoms with Gasteiger partial charge in [-0.05, 0) is 32.2 Å². The van der Waals surface area contributed by atoms with Crippen LogP contribution in [-0.4, -0.2) is 43.3 Å². The Balaban J connectivity index is 1.52. The molecule has 0 aromatic carbocycles. The number of imidazole rings is 1. The number of hydrogen-bond donors (Lipinski definition) is 3. The molecule has 0 atom stereocenters. The van der Waals surface area contributed by atoms with Crippen LogP contribution in [0.2, 0.25) is 0 Å². The molecular weight excluding hydrogens is 264 g/mol. The third-order valence-electron chi connectivity index (χ3n) is 3.07. The van der Waals surface area contributed by atoms with E-state index in [0.29, 0.717) is 19.0 Å². The van der Waals surface area contributed by atoms with E-state index in [1.165, 1.54) is 12.8 Å². The van der Waals surface area contributed by atoms with Gasteiger partial charge in [-0.25, -0.2) is 18.1 Å². The van der Waals surface area contributed by atoms with Crippen LogP contribution in [0.5, 0.6) is 0 Å². The van der Waals surface area contributed by atoms with E-state index in [-0.39, 0.29) is 5.75 Å². The van der Waals surface area contributed by atoms with Gasteiger partial charge in [0.25, 0.3) is 0 Å². The van der Waals surface area contributed by atoms with E-state index in [9.17, 15) is 8.42 Å². The standard InChI is InChI=1S/C12H22N4O2S/c17-19(18,10-2-6-13-11-4-5-11)16-7-1-3-12-14-8-9-15-12/h8-9,11,13,16H,1-7,10H2,(H,14,15). The predicted octanol–water partition coefficient (Wildman–Crippen LogP) is 0.404. The van der Waals surface area contributed by atoms with E-state index in [1.54, 1.807) is 12.4 Å². The lowest BCUT2D eigenvalue weighted by molar-refractivity contribution is 0.571. The van der Waals surface area contributed by atoms with E-state index in [2.05, 4.69) is 20.0 Å². The van der Waals surface area contributed by atoms with E-state index in [4.69, 9.17) is 0 Å². The van der Waals surface area contributed by atoms with Crippen LogP contribution in [0.4, 0.5) is 0 Å². The summed E-state index contributed by atoms with van der Waals surface area (Å²) in [6, 6.07) is 0.643. The van der Waals surface area contributed by atoms with Gasteiger partial charge in [0, 0.05) is 31.4 Å². The normalized spacial score (nSPS) is 15.8. The molecule has 1 saturated carbocycles. The molecule has 0 amide bonds. The van der Waals surface area contributed by atoms with Crippen LogP contribution in [0.1, 0.15) is 31.5 Å². The van der Waals surface area contributed by atoms with E-state index >= 15 is 0 Å². The summed E-state index contributed by atoms with van der Waals surface area (Å²) in [5, 5.41) is 3.31. The largest absolute Gasteiger partial charge is 0.349 e. The van der Waals surface area contributed by atoms with Crippen molar-refractivity contribution in [3.8, 4) is 0 Å². The molecule has 1 aliphatic carbocycles. The monoisotopic (exact) mass is 286 g/mol. The second-order valence-corrected chi connectivity index (χ2v) is 6.86. The molecule has 0 saturated heterocycles. The number of aromatic nitrogens is 2. The molecule has 0 radical (unpaired) electrons. The Morgan fingerprint density at radius 1 is 1.32 bits per heavy atom. The second-order valence-electron chi connectivity index (χ2n) is 4.93. The molecule has 0 spiro atoms. The molecule has 6 nitrogen and oxygen atoms in total. The van der Waals surface area contributed by atoms with Crippen molar-refractivity contribution in [3.05, 3.63) is 18.2 Å². The zero-order valence-corrected chi connectivity index (χ0v) is 11.9. The molecule has 1 aromatic rings. The van der Waals surface area contributed by atoms with Gasteiger partial charge in [0.2, 0.25) is 10.0 Å². The Morgan fingerprint density at radius 2 is 2.16 bits per heavy atom. The van der Waals surface area contributed by atoms with Gasteiger partial charge in [0.05, 0.1) is 5.75 Å². The third-order valence-corrected chi connectivity index (χ3v) is 4.54. The van der Waals surface area contributed by atoms with Crippen molar-refractivity contribution < 1.29 is 8.42 Å². The molecule has 3 N–H and O–H groups in total. The second kappa shape index (κ2) is 7.02. The maximum absolute atomic E-state index is 11.7. The van der Waals surface area contributed by atoms with Crippen molar-refractivity contribution in [2.75, 3.05) is 18.8 Å². The number of nitrogens with one attached hydrogen (secondary N) is 3. The molecule has 108 valence electrons. The minimum atomic E-state index is -3.12. The van der Waals surface area contributed by atoms with Crippen molar-refractivity contribution in [1.82, 2.24) is 20.0 Å². The van der Waals surface area contributed by atoms with Crippen molar-refractivity contribution in [1.29, 1.82) is 0 Å². The fourth-order valence-corrected chi connectivity index (χ4v) is 2.97. The Hall–Kier alpha value is -0.920. The molecule has 1 aromatic heterocycles. The highest BCUT2D eigenvalue weighted by Gasteiger charge is 2.20. The number of rotatable bonds is 10. The smallest absolute Gasteiger partial charge is 0.211 e. The first-order chi connectivity index (χ1) is 9.16. The van der Waals surface area contributed by atoms with Crippen LogP contribution in [0, 0.1) is 0 Å². The van der Waals surface area contributed by atoms with E-state index in [1.807, 2.05) is 0 Å². The van der Waals surface area contributed by atoms with Gasteiger partial charge >= 0.3 is 0 Å². The van der Waals surface area contributed by atoms with Gasteiger partial charge in [-0.3, -0.25) is 0 Å². The highest BCUT2D eigenvalue weighted by molar-refractivity contribution is 7.89. The third kappa shape index (κ3) is 6.17. The Labute approximate surface area is 114 Å². The Morgan fingerprint density at radius 3 is 2.84 bits per heavy atom. The van der Waals surface area contributed by atoms with Crippen LogP contribution in [0.3, 0.4) is 0 Å². The minimum Gasteiger partial charge on any atom is -0.349 e. The molecule has 2 rings (SSSR count). The molecule has 1 aliphatic rings. The van der Waals surface area contributed by atoms with Crippen LogP contribution in [-0.2, 0) is 16.4 Å². The summed E-state index contributed by atoms with van der Waals surface area (Å²) >= 11 is 0. The summed E-state index contributed by atoms with van der Waals surface area (Å²) < 4.78 is 26.0. The van der Waals surface area contributed by atoms with Crippen LogP contribution < -0.4 is 10.0 Å². The number of aryl methyl sites for hydroxylation is 1. The Kier molecular flexibility index (Phi) is 5.35. The molecule has 0 unspecified atom stereocenters. The number of hydrogen-bond acceptors (Lipinski definition) is 4. The summed E-state index contributed by atoms with van der Waals surface area (Å²) in [6.45, 7) is 1.26. The number of aromatic amines is 1. The lowest BCUT2D eigenvalue weighted by Gasteiger charge is -2.06. The zero-order chi connectivity index (χ0) is 13.6. The first-order valence-corrected chi connectivity index (χ1v) is 8.50. The zero-order valence-electron chi connectivity index (χ0n) is 11.1. The van der Waals surface area contributed by atoms with Crippen molar-refractivity contribution in [2.24, 2.45) is 0 Å². The number of sulfonamides is 1. The maximum atomic E-state index is 11.7. The van der Waals surface area contributed by atoms with Crippen molar-refractivity contribution in [3.63, 3.8) is 0 Å². The van der Waals surface area contributed by atoms with Crippen molar-refractivity contribution >= 4 is 10.0 Å². The average molecular weight is 286 g/mol. The maximum Gasteiger partial charge on any atom is 0.211 e. The fraction of sp³-hybridized carbons (Fsp3) is 0.750. The van der Waals surface area contributed by atoms with Crippen LogP contribution in [0.25, 0.3) is 0 Å². The summed E-state index contributed by atoms with van der Waals surface area (Å²) in [5.41, 5.74) is 0. The van der Waals surface area contributed by atoms with Crippen LogP contribution >= 0.6 is 0 Å². The topological polar surface area (TPSA) is 86.9 Å². The first-order valence-electron chi connectivity index (χ1n) is 6.85. The summed E-state index contributed by atoms with van der Waals surface area (Å²) in [5.74, 6) is 1.10. The lowest BCUT2D eigenvalue weighted by atomic mass is 10.3. The van der Waals surface area contributed by atoms with Gasteiger partial charge < -0.3 is 10.3 Å². The minimum absolute atomic E-state index is 0.202. The molecule has 0 aliphatic heterocycles. The molecular formula is C12H22N4O2S. The van der Waals surface area contributed by atoms with Crippen LogP contribution in [0.15, 0.2) is 12.4 Å². The lowest BCUT2D eigenvalue weighted by Crippen LogP contribution is -2.29. The molecule has 19 heavy (non-hydrogen) atoms. The predicted molar refractivity (Wildman–Crippen MR) is 74.3 cm³/mol. The van der Waals surface area contributed by atoms with Gasteiger partial charge in [-0.15, -0.1) is 0 Å². The molecule has 7 heteroatoms. The Bertz CT molecular complexity index is 454. The van der Waals surface area contributed by atoms with Crippen molar-refractivity contribution in [2.45, 2.75) is 38.1 Å². The van der Waals surface area contributed by atoms with Gasteiger partial charge in [0.1, 0.15) is 5.82 Å². The molecule has 1 heterocycles. The number of nitrogens with zero attached hydrogens (tertiary/aromatic N) is 1. The average Bonchev–Trinajstić information content (AvgIpc) is 3.05. The van der Waals surface area contributed by atoms with E-state index in [0.717, 1.165) is 25.2 Å². The summed E-state index contributed by atoms with van der Waals surface area (Å²) in [7, 11) is -3.12. The SMILES string of the molecule is O=S(=O)(CCCNC1CC1)NCCCc1ncc[nH]1. The van der Waals surface area contributed by atoms with E-state index < -0.39 is 10.0 Å². The van der Waals surface area contributed by atoms with Gasteiger partial charge in [-0.1, -0.05) is 0 Å². The van der Waals surface area contributed by atoms with Gasteiger partial charge in [0.15, 0.2) is 0 Å². The first kappa shape index (κ1) is 14.5. The summed E-state index contributed by atoms with van der Waals surface area (Å²) in [4.78, 5) is 7.09. The summed E-state index contributed by atoms with van der Waals surface area (Å²) in [6.07, 6.45) is 8.13. The van der Waals surface area contributed by atoms with Gasteiger partial charge in [-0.2, -0.15) is 0 Å². The fourth-order valence-electron chi connectivity index (χ4n) is 1.85. The molecule has 1 fully saturated rings.